The Balaban J connectivity index is 1.77. The Morgan fingerprint density at radius 2 is 2.00 bits per heavy atom. The Morgan fingerprint density at radius 1 is 1.22 bits per heavy atom. The molecule has 0 radical (unpaired) electrons. The minimum absolute atomic E-state index is 0.267. The van der Waals surface area contributed by atoms with Crippen LogP contribution in [0.1, 0.15) is 10.5 Å². The van der Waals surface area contributed by atoms with Gasteiger partial charge in [0.1, 0.15) is 23.9 Å². The van der Waals surface area contributed by atoms with Crippen LogP contribution in [0.15, 0.2) is 42.5 Å². The van der Waals surface area contributed by atoms with Gasteiger partial charge in [-0.2, -0.15) is 0 Å². The number of carbonyl (C=O) groups excluding carboxylic acids is 1. The van der Waals surface area contributed by atoms with Gasteiger partial charge in [0.25, 0.3) is 5.91 Å². The van der Waals surface area contributed by atoms with Gasteiger partial charge in [0, 0.05) is 11.1 Å². The second kappa shape index (κ2) is 5.28. The van der Waals surface area contributed by atoms with Crippen LogP contribution in [0, 0.1) is 5.82 Å². The average molecular weight is 331 g/mol. The van der Waals surface area contributed by atoms with Crippen molar-refractivity contribution in [2.75, 3.05) is 11.9 Å². The van der Waals surface area contributed by atoms with Crippen molar-refractivity contribution in [3.8, 4) is 5.75 Å². The van der Waals surface area contributed by atoms with Crippen LogP contribution in [0.25, 0.3) is 10.9 Å². The van der Waals surface area contributed by atoms with E-state index in [2.05, 4.69) is 5.32 Å². The highest BCUT2D eigenvalue weighted by atomic mass is 35.5. The first kappa shape index (κ1) is 14.1. The number of rotatable bonds is 2. The minimum Gasteiger partial charge on any atom is -0.490 e. The quantitative estimate of drug-likeness (QED) is 0.769. The minimum atomic E-state index is -0.347. The number of amides is 1. The summed E-state index contributed by atoms with van der Waals surface area (Å²) in [5, 5.41) is 4.13. The summed E-state index contributed by atoms with van der Waals surface area (Å²) in [5.74, 6) is 0.105. The third-order valence-corrected chi connectivity index (χ3v) is 4.21. The molecule has 1 aliphatic heterocycles. The fourth-order valence-corrected chi connectivity index (χ4v) is 3.03. The summed E-state index contributed by atoms with van der Waals surface area (Å²) in [6.45, 7) is 1.07. The maximum atomic E-state index is 13.0. The monoisotopic (exact) mass is 330 g/mol. The van der Waals surface area contributed by atoms with Gasteiger partial charge in [-0.25, -0.2) is 4.39 Å². The number of carbonyl (C=O) groups is 1. The Morgan fingerprint density at radius 3 is 2.78 bits per heavy atom. The molecule has 116 valence electrons. The van der Waals surface area contributed by atoms with Crippen molar-refractivity contribution in [3.63, 3.8) is 0 Å². The zero-order chi connectivity index (χ0) is 16.0. The summed E-state index contributed by atoms with van der Waals surface area (Å²) in [6, 6.07) is 11.0. The molecule has 1 aliphatic rings. The largest absolute Gasteiger partial charge is 0.490 e. The Kier molecular flexibility index (Phi) is 3.23. The summed E-state index contributed by atoms with van der Waals surface area (Å²) in [4.78, 5) is 12.6. The third kappa shape index (κ3) is 2.33. The Hall–Kier alpha value is -2.53. The van der Waals surface area contributed by atoms with Gasteiger partial charge in [-0.1, -0.05) is 11.6 Å². The Bertz CT molecular complexity index is 918. The second-order valence-corrected chi connectivity index (χ2v) is 5.71. The summed E-state index contributed by atoms with van der Waals surface area (Å²) < 4.78 is 20.5. The molecule has 1 aromatic heterocycles. The van der Waals surface area contributed by atoms with Gasteiger partial charge in [-0.05, 0) is 42.5 Å². The first-order valence-electron chi connectivity index (χ1n) is 7.15. The number of nitrogens with zero attached hydrogens (tertiary/aromatic N) is 1. The van der Waals surface area contributed by atoms with Gasteiger partial charge in [0.2, 0.25) is 0 Å². The molecule has 0 saturated heterocycles. The lowest BCUT2D eigenvalue weighted by atomic mass is 10.2. The zero-order valence-corrected chi connectivity index (χ0v) is 12.7. The number of hydrogen-bond acceptors (Lipinski definition) is 2. The van der Waals surface area contributed by atoms with E-state index in [0.29, 0.717) is 29.6 Å². The maximum Gasteiger partial charge on any atom is 0.272 e. The van der Waals surface area contributed by atoms with Crippen LogP contribution >= 0.6 is 11.6 Å². The third-order valence-electron chi connectivity index (χ3n) is 3.88. The molecule has 2 aromatic carbocycles. The van der Waals surface area contributed by atoms with E-state index in [4.69, 9.17) is 16.3 Å². The van der Waals surface area contributed by atoms with Crippen molar-refractivity contribution in [1.82, 2.24) is 4.57 Å². The number of nitrogens with one attached hydrogen (secondary N) is 1. The predicted molar refractivity (Wildman–Crippen MR) is 86.8 cm³/mol. The molecular weight excluding hydrogens is 319 g/mol. The van der Waals surface area contributed by atoms with Gasteiger partial charge in [-0.15, -0.1) is 0 Å². The van der Waals surface area contributed by atoms with Crippen molar-refractivity contribution < 1.29 is 13.9 Å². The van der Waals surface area contributed by atoms with Gasteiger partial charge in [0.15, 0.2) is 0 Å². The smallest absolute Gasteiger partial charge is 0.272 e. The topological polar surface area (TPSA) is 43.3 Å². The lowest BCUT2D eigenvalue weighted by molar-refractivity contribution is 0.101. The molecule has 4 rings (SSSR count). The highest BCUT2D eigenvalue weighted by molar-refractivity contribution is 6.36. The first-order chi connectivity index (χ1) is 11.1. The Labute approximate surface area is 136 Å². The van der Waals surface area contributed by atoms with E-state index in [9.17, 15) is 9.18 Å². The molecule has 4 nitrogen and oxygen atoms in total. The zero-order valence-electron chi connectivity index (χ0n) is 12.0. The summed E-state index contributed by atoms with van der Waals surface area (Å²) in [5.41, 5.74) is 1.86. The molecule has 23 heavy (non-hydrogen) atoms. The fourth-order valence-electron chi connectivity index (χ4n) is 2.83. The molecule has 0 bridgehead atoms. The van der Waals surface area contributed by atoms with Crippen molar-refractivity contribution in [2.45, 2.75) is 6.54 Å². The number of aromatic nitrogens is 1. The highest BCUT2D eigenvalue weighted by Gasteiger charge is 2.22. The van der Waals surface area contributed by atoms with Crippen LogP contribution < -0.4 is 10.1 Å². The molecule has 1 N–H and O–H groups in total. The molecule has 0 aliphatic carbocycles. The first-order valence-corrected chi connectivity index (χ1v) is 7.53. The van der Waals surface area contributed by atoms with Gasteiger partial charge < -0.3 is 14.6 Å². The van der Waals surface area contributed by atoms with E-state index in [1.54, 1.807) is 12.1 Å². The molecule has 0 saturated carbocycles. The number of ether oxygens (including phenoxy) is 1. The molecule has 6 heteroatoms. The summed E-state index contributed by atoms with van der Waals surface area (Å²) in [6.07, 6.45) is 0. The van der Waals surface area contributed by atoms with Crippen molar-refractivity contribution in [2.24, 2.45) is 0 Å². The van der Waals surface area contributed by atoms with E-state index < -0.39 is 0 Å². The fraction of sp³-hybridized carbons (Fsp3) is 0.118. The standard InChI is InChI=1S/C17H12ClFN2O2/c18-13-5-6-15-16-12(13)9-14(21(16)7-8-23-15)17(22)20-11-3-1-10(19)2-4-11/h1-6,9H,7-8H2,(H,20,22). The van der Waals surface area contributed by atoms with E-state index in [-0.39, 0.29) is 11.7 Å². The van der Waals surface area contributed by atoms with Crippen LogP contribution in [0.4, 0.5) is 10.1 Å². The number of halogens is 2. The highest BCUT2D eigenvalue weighted by Crippen LogP contribution is 2.36. The predicted octanol–water partition coefficient (Wildman–Crippen LogP) is 4.08. The lowest BCUT2D eigenvalue weighted by Crippen LogP contribution is -2.21. The van der Waals surface area contributed by atoms with Crippen molar-refractivity contribution in [1.29, 1.82) is 0 Å². The van der Waals surface area contributed by atoms with Crippen molar-refractivity contribution >= 4 is 34.1 Å². The van der Waals surface area contributed by atoms with Crippen LogP contribution in [0.2, 0.25) is 5.02 Å². The summed E-state index contributed by atoms with van der Waals surface area (Å²) >= 11 is 6.24. The second-order valence-electron chi connectivity index (χ2n) is 5.30. The number of anilines is 1. The average Bonchev–Trinajstić information content (AvgIpc) is 2.95. The normalized spacial score (nSPS) is 13.0. The van der Waals surface area contributed by atoms with Gasteiger partial charge in [-0.3, -0.25) is 4.79 Å². The van der Waals surface area contributed by atoms with Crippen LogP contribution in [0.5, 0.6) is 5.75 Å². The SMILES string of the molecule is O=C(Nc1ccc(F)cc1)c1cc2c(Cl)ccc3c2n1CCO3. The van der Waals surface area contributed by atoms with E-state index in [1.807, 2.05) is 10.6 Å². The number of benzene rings is 2. The number of hydrogen-bond donors (Lipinski definition) is 1. The molecule has 0 fully saturated rings. The van der Waals surface area contributed by atoms with Crippen molar-refractivity contribution in [3.05, 3.63) is 59.0 Å². The van der Waals surface area contributed by atoms with Crippen LogP contribution in [-0.2, 0) is 6.54 Å². The van der Waals surface area contributed by atoms with E-state index in [1.165, 1.54) is 24.3 Å². The molecule has 0 spiro atoms. The molecule has 0 unspecified atom stereocenters. The van der Waals surface area contributed by atoms with Crippen LogP contribution in [0.3, 0.4) is 0 Å². The maximum absolute atomic E-state index is 13.0. The lowest BCUT2D eigenvalue weighted by Gasteiger charge is -2.19. The molecule has 0 atom stereocenters. The molecular formula is C17H12ClFN2O2. The summed E-state index contributed by atoms with van der Waals surface area (Å²) in [7, 11) is 0. The van der Waals surface area contributed by atoms with E-state index >= 15 is 0 Å². The van der Waals surface area contributed by atoms with Gasteiger partial charge >= 0.3 is 0 Å². The van der Waals surface area contributed by atoms with Crippen LogP contribution in [-0.4, -0.2) is 17.1 Å². The molecule has 3 aromatic rings. The molecule has 1 amide bonds. The van der Waals surface area contributed by atoms with Gasteiger partial charge in [0.05, 0.1) is 17.1 Å². The molecule has 2 heterocycles. The van der Waals surface area contributed by atoms with E-state index in [0.717, 1.165) is 16.7 Å².